The van der Waals surface area contributed by atoms with Crippen molar-refractivity contribution < 1.29 is 15.3 Å². The minimum atomic E-state index is 0.0417. The SMILES string of the molecule is Oc1ccc(-c2cn3c(O)c(Cc4cccc(O)c4)nc3c(Cc3ccccc3)n2)cc1. The molecular formula is C26H21N3O3. The maximum atomic E-state index is 11.0. The molecule has 0 bridgehead atoms. The maximum Gasteiger partial charge on any atom is 0.219 e. The molecule has 3 N–H and O–H groups in total. The zero-order chi connectivity index (χ0) is 22.1. The molecule has 2 heterocycles. The quantitative estimate of drug-likeness (QED) is 0.381. The van der Waals surface area contributed by atoms with Crippen molar-refractivity contribution in [3.8, 4) is 28.6 Å². The Morgan fingerprint density at radius 2 is 1.38 bits per heavy atom. The van der Waals surface area contributed by atoms with Gasteiger partial charge in [-0.05, 0) is 47.5 Å². The molecule has 0 spiro atoms. The predicted octanol–water partition coefficient (Wildman–Crippen LogP) is 4.69. The van der Waals surface area contributed by atoms with Gasteiger partial charge in [-0.2, -0.15) is 0 Å². The summed E-state index contributed by atoms with van der Waals surface area (Å²) >= 11 is 0. The molecular weight excluding hydrogens is 402 g/mol. The molecule has 0 unspecified atom stereocenters. The summed E-state index contributed by atoms with van der Waals surface area (Å²) < 4.78 is 1.66. The Morgan fingerprint density at radius 3 is 2.12 bits per heavy atom. The number of phenols is 2. The number of benzene rings is 3. The fraction of sp³-hybridized carbons (Fsp3) is 0.0769. The van der Waals surface area contributed by atoms with Crippen LogP contribution in [0.25, 0.3) is 16.9 Å². The number of hydrogen-bond acceptors (Lipinski definition) is 5. The number of aromatic nitrogens is 3. The summed E-state index contributed by atoms with van der Waals surface area (Å²) in [5, 5.41) is 30.4. The van der Waals surface area contributed by atoms with E-state index < -0.39 is 0 Å². The van der Waals surface area contributed by atoms with E-state index in [0.717, 1.165) is 22.4 Å². The smallest absolute Gasteiger partial charge is 0.219 e. The fourth-order valence-electron chi connectivity index (χ4n) is 3.80. The van der Waals surface area contributed by atoms with Gasteiger partial charge in [-0.15, -0.1) is 0 Å². The van der Waals surface area contributed by atoms with E-state index in [0.29, 0.717) is 29.9 Å². The Morgan fingerprint density at radius 1 is 0.656 bits per heavy atom. The van der Waals surface area contributed by atoms with Gasteiger partial charge in [0.15, 0.2) is 5.65 Å². The van der Waals surface area contributed by atoms with Gasteiger partial charge in [-0.3, -0.25) is 4.40 Å². The van der Waals surface area contributed by atoms with Crippen molar-refractivity contribution in [3.63, 3.8) is 0 Å². The van der Waals surface area contributed by atoms with Crippen molar-refractivity contribution in [2.45, 2.75) is 12.8 Å². The first-order chi connectivity index (χ1) is 15.6. The van der Waals surface area contributed by atoms with Crippen LogP contribution in [0.3, 0.4) is 0 Å². The number of aromatic hydroxyl groups is 3. The minimum Gasteiger partial charge on any atom is -0.508 e. The second-order valence-electron chi connectivity index (χ2n) is 7.70. The highest BCUT2D eigenvalue weighted by Gasteiger charge is 2.18. The topological polar surface area (TPSA) is 90.9 Å². The molecule has 5 aromatic rings. The molecule has 0 aliphatic carbocycles. The summed E-state index contributed by atoms with van der Waals surface area (Å²) in [5.41, 5.74) is 5.25. The van der Waals surface area contributed by atoms with Gasteiger partial charge in [-0.25, -0.2) is 9.97 Å². The molecule has 0 atom stereocenters. The third-order valence-electron chi connectivity index (χ3n) is 5.38. The van der Waals surface area contributed by atoms with Gasteiger partial charge in [0, 0.05) is 24.6 Å². The average Bonchev–Trinajstić information content (AvgIpc) is 3.11. The van der Waals surface area contributed by atoms with Gasteiger partial charge in [0.05, 0.1) is 11.4 Å². The van der Waals surface area contributed by atoms with E-state index in [9.17, 15) is 15.3 Å². The zero-order valence-corrected chi connectivity index (χ0v) is 17.2. The van der Waals surface area contributed by atoms with Gasteiger partial charge in [0.1, 0.15) is 17.2 Å². The largest absolute Gasteiger partial charge is 0.508 e. The monoisotopic (exact) mass is 423 g/mol. The van der Waals surface area contributed by atoms with Crippen LogP contribution in [0.15, 0.2) is 85.1 Å². The summed E-state index contributed by atoms with van der Waals surface area (Å²) in [5.74, 6) is 0.394. The van der Waals surface area contributed by atoms with Crippen molar-refractivity contribution in [1.82, 2.24) is 14.4 Å². The molecule has 6 nitrogen and oxygen atoms in total. The van der Waals surface area contributed by atoms with Crippen molar-refractivity contribution in [3.05, 3.63) is 108 Å². The molecule has 158 valence electrons. The van der Waals surface area contributed by atoms with E-state index in [1.807, 2.05) is 36.4 Å². The first-order valence-corrected chi connectivity index (χ1v) is 10.3. The number of fused-ring (bicyclic) bond motifs is 1. The third kappa shape index (κ3) is 3.86. The van der Waals surface area contributed by atoms with Gasteiger partial charge in [-0.1, -0.05) is 42.5 Å². The lowest BCUT2D eigenvalue weighted by Crippen LogP contribution is -2.00. The van der Waals surface area contributed by atoms with Crippen LogP contribution in [0.1, 0.15) is 22.5 Å². The summed E-state index contributed by atoms with van der Waals surface area (Å²) in [7, 11) is 0. The van der Waals surface area contributed by atoms with E-state index in [1.54, 1.807) is 53.1 Å². The van der Waals surface area contributed by atoms with E-state index in [1.165, 1.54) is 0 Å². The highest BCUT2D eigenvalue weighted by atomic mass is 16.3. The van der Waals surface area contributed by atoms with Crippen LogP contribution >= 0.6 is 0 Å². The van der Waals surface area contributed by atoms with Gasteiger partial charge in [0.2, 0.25) is 5.88 Å². The lowest BCUT2D eigenvalue weighted by Gasteiger charge is -2.08. The van der Waals surface area contributed by atoms with Crippen LogP contribution < -0.4 is 0 Å². The summed E-state index contributed by atoms with van der Waals surface area (Å²) in [6.45, 7) is 0. The Hall–Kier alpha value is -4.32. The second-order valence-corrected chi connectivity index (χ2v) is 7.70. The minimum absolute atomic E-state index is 0.0417. The van der Waals surface area contributed by atoms with Crippen LogP contribution in [-0.4, -0.2) is 29.7 Å². The predicted molar refractivity (Wildman–Crippen MR) is 122 cm³/mol. The van der Waals surface area contributed by atoms with Gasteiger partial charge >= 0.3 is 0 Å². The van der Waals surface area contributed by atoms with Crippen molar-refractivity contribution >= 4 is 5.65 Å². The molecule has 0 saturated heterocycles. The van der Waals surface area contributed by atoms with Crippen LogP contribution in [-0.2, 0) is 12.8 Å². The molecule has 0 radical (unpaired) electrons. The third-order valence-corrected chi connectivity index (χ3v) is 5.38. The normalized spacial score (nSPS) is 11.1. The van der Waals surface area contributed by atoms with E-state index >= 15 is 0 Å². The van der Waals surface area contributed by atoms with Crippen LogP contribution in [0.5, 0.6) is 17.4 Å². The Kier molecular flexibility index (Phi) is 4.95. The number of rotatable bonds is 5. The van der Waals surface area contributed by atoms with Crippen LogP contribution in [0.4, 0.5) is 0 Å². The van der Waals surface area contributed by atoms with Crippen molar-refractivity contribution in [2.24, 2.45) is 0 Å². The lowest BCUT2D eigenvalue weighted by molar-refractivity contribution is 0.442. The number of nitrogens with zero attached hydrogens (tertiary/aromatic N) is 3. The van der Waals surface area contributed by atoms with Crippen LogP contribution in [0, 0.1) is 0 Å². The molecule has 5 rings (SSSR count). The molecule has 32 heavy (non-hydrogen) atoms. The molecule has 2 aromatic heterocycles. The molecule has 6 heteroatoms. The highest BCUT2D eigenvalue weighted by molar-refractivity contribution is 5.64. The number of hydrogen-bond donors (Lipinski definition) is 3. The van der Waals surface area contributed by atoms with E-state index in [-0.39, 0.29) is 17.4 Å². The molecule has 0 fully saturated rings. The summed E-state index contributed by atoms with van der Waals surface area (Å²) in [4.78, 5) is 9.57. The number of imidazole rings is 1. The standard InChI is InChI=1S/C26H21N3O3/c30-20-11-9-19(10-12-20)24-16-29-25(22(27-24)14-17-5-2-1-3-6-17)28-23(26(29)32)15-18-7-4-8-21(31)13-18/h1-13,16,30-32H,14-15H2. The first kappa shape index (κ1) is 19.6. The van der Waals surface area contributed by atoms with Gasteiger partial charge in [0.25, 0.3) is 0 Å². The molecule has 0 aliphatic heterocycles. The fourth-order valence-corrected chi connectivity index (χ4v) is 3.80. The first-order valence-electron chi connectivity index (χ1n) is 10.3. The van der Waals surface area contributed by atoms with E-state index in [2.05, 4.69) is 0 Å². The highest BCUT2D eigenvalue weighted by Crippen LogP contribution is 2.29. The van der Waals surface area contributed by atoms with Crippen LogP contribution in [0.2, 0.25) is 0 Å². The van der Waals surface area contributed by atoms with Gasteiger partial charge < -0.3 is 15.3 Å². The summed E-state index contributed by atoms with van der Waals surface area (Å²) in [6.07, 6.45) is 2.68. The summed E-state index contributed by atoms with van der Waals surface area (Å²) in [6, 6.07) is 23.7. The second kappa shape index (κ2) is 8.07. The number of phenolic OH excluding ortho intramolecular Hbond substituents is 2. The Balaban J connectivity index is 1.64. The molecule has 0 aliphatic rings. The molecule has 3 aromatic carbocycles. The zero-order valence-electron chi connectivity index (χ0n) is 17.2. The average molecular weight is 423 g/mol. The van der Waals surface area contributed by atoms with Crippen molar-refractivity contribution in [1.29, 1.82) is 0 Å². The molecule has 0 saturated carbocycles. The van der Waals surface area contributed by atoms with E-state index in [4.69, 9.17) is 9.97 Å². The van der Waals surface area contributed by atoms with Crippen molar-refractivity contribution in [2.75, 3.05) is 0 Å². The Bertz CT molecular complexity index is 1390. The maximum absolute atomic E-state index is 11.0. The lowest BCUT2D eigenvalue weighted by atomic mass is 10.1. The Labute approximate surface area is 184 Å². The molecule has 0 amide bonds.